The minimum atomic E-state index is -0.108. The summed E-state index contributed by atoms with van der Waals surface area (Å²) in [5, 5.41) is 12.3. The monoisotopic (exact) mass is 262 g/mol. The molecule has 102 valence electrons. The van der Waals surface area contributed by atoms with Crippen molar-refractivity contribution >= 4 is 11.6 Å². The van der Waals surface area contributed by atoms with E-state index in [0.717, 1.165) is 17.8 Å². The smallest absolute Gasteiger partial charge is 0.274 e. The van der Waals surface area contributed by atoms with Crippen molar-refractivity contribution < 1.29 is 10.0 Å². The van der Waals surface area contributed by atoms with Gasteiger partial charge in [0.15, 0.2) is 0 Å². The average Bonchev–Trinajstić information content (AvgIpc) is 2.46. The molecule has 0 aliphatic carbocycles. The molecule has 1 amide bonds. The summed E-state index contributed by atoms with van der Waals surface area (Å²) in [6, 6.07) is 0. The molecule has 0 saturated carbocycles. The molecule has 1 N–H and O–H groups in total. The van der Waals surface area contributed by atoms with Crippen LogP contribution in [-0.2, 0) is 0 Å². The number of likely N-dealkylation sites (tertiary alicyclic amines) is 1. The summed E-state index contributed by atoms with van der Waals surface area (Å²) in [6.07, 6.45) is 4.56. The molecule has 1 fully saturated rings. The van der Waals surface area contributed by atoms with Crippen molar-refractivity contribution in [3.63, 3.8) is 0 Å². The Labute approximate surface area is 112 Å². The number of hydrogen-bond donors (Lipinski definition) is 1. The highest BCUT2D eigenvalue weighted by molar-refractivity contribution is 5.94. The number of piperidine rings is 1. The van der Waals surface area contributed by atoms with Crippen LogP contribution in [-0.4, -0.2) is 44.8 Å². The Morgan fingerprint density at radius 1 is 1.53 bits per heavy atom. The maximum atomic E-state index is 12.3. The van der Waals surface area contributed by atoms with Crippen LogP contribution in [0.1, 0.15) is 35.9 Å². The zero-order chi connectivity index (χ0) is 13.8. The van der Waals surface area contributed by atoms with Gasteiger partial charge in [-0.1, -0.05) is 12.1 Å². The number of rotatable bonds is 2. The van der Waals surface area contributed by atoms with Gasteiger partial charge in [0, 0.05) is 31.6 Å². The van der Waals surface area contributed by atoms with E-state index in [-0.39, 0.29) is 11.8 Å². The Hall–Kier alpha value is -1.98. The van der Waals surface area contributed by atoms with Gasteiger partial charge < -0.3 is 10.1 Å². The van der Waals surface area contributed by atoms with Gasteiger partial charge in [0.1, 0.15) is 5.69 Å². The number of nitrogens with zero attached hydrogens (tertiary/aromatic N) is 4. The molecule has 6 nitrogen and oxygen atoms in total. The number of aromatic nitrogens is 2. The summed E-state index contributed by atoms with van der Waals surface area (Å²) < 4.78 is 0. The molecule has 1 unspecified atom stereocenters. The lowest BCUT2D eigenvalue weighted by molar-refractivity contribution is 0.0722. The molecule has 1 aliphatic rings. The molecule has 1 aromatic rings. The molecule has 6 heteroatoms. The second-order valence-corrected chi connectivity index (χ2v) is 4.74. The summed E-state index contributed by atoms with van der Waals surface area (Å²) in [7, 11) is 0. The molecule has 19 heavy (non-hydrogen) atoms. The summed E-state index contributed by atoms with van der Waals surface area (Å²) in [6.45, 7) is 4.99. The van der Waals surface area contributed by atoms with Crippen molar-refractivity contribution in [1.82, 2.24) is 14.9 Å². The highest BCUT2D eigenvalue weighted by Gasteiger charge is 2.28. The van der Waals surface area contributed by atoms with Gasteiger partial charge in [-0.05, 0) is 13.3 Å². The Morgan fingerprint density at radius 3 is 2.89 bits per heavy atom. The first-order chi connectivity index (χ1) is 9.15. The van der Waals surface area contributed by atoms with Gasteiger partial charge in [-0.15, -0.1) is 0 Å². The largest absolute Gasteiger partial charge is 0.411 e. The van der Waals surface area contributed by atoms with Crippen LogP contribution in [0.15, 0.2) is 17.5 Å². The topological polar surface area (TPSA) is 78.7 Å². The molecule has 1 atom stereocenters. The van der Waals surface area contributed by atoms with E-state index in [1.807, 2.05) is 13.8 Å². The number of carbonyl (C=O) groups is 1. The fraction of sp³-hybridized carbons (Fsp3) is 0.538. The van der Waals surface area contributed by atoms with Crippen LogP contribution in [0.3, 0.4) is 0 Å². The average molecular weight is 262 g/mol. The second-order valence-electron chi connectivity index (χ2n) is 4.74. The standard InChI is InChI=1S/C13H18N4O2/c1-3-10-8-17(5-4-11(10)16-19)13(18)12-7-14-9(2)6-15-12/h6-7,10,19H,3-5,8H2,1-2H3. The fourth-order valence-electron chi connectivity index (χ4n) is 2.26. The molecule has 0 bridgehead atoms. The molecule has 0 aromatic carbocycles. The van der Waals surface area contributed by atoms with E-state index in [1.54, 1.807) is 11.1 Å². The highest BCUT2D eigenvalue weighted by atomic mass is 16.4. The van der Waals surface area contributed by atoms with Crippen LogP contribution >= 0.6 is 0 Å². The Bertz CT molecular complexity index is 484. The SMILES string of the molecule is CCC1CN(C(=O)c2cnc(C)cn2)CCC1=NO. The Morgan fingerprint density at radius 2 is 2.32 bits per heavy atom. The van der Waals surface area contributed by atoms with Crippen LogP contribution in [0, 0.1) is 12.8 Å². The zero-order valence-electron chi connectivity index (χ0n) is 11.2. The van der Waals surface area contributed by atoms with Gasteiger partial charge in [0.2, 0.25) is 0 Å². The van der Waals surface area contributed by atoms with Crippen molar-refractivity contribution in [2.75, 3.05) is 13.1 Å². The summed E-state index contributed by atoms with van der Waals surface area (Å²) in [5.41, 5.74) is 1.93. The van der Waals surface area contributed by atoms with Crippen molar-refractivity contribution in [1.29, 1.82) is 0 Å². The lowest BCUT2D eigenvalue weighted by Crippen LogP contribution is -2.44. The molecular weight excluding hydrogens is 244 g/mol. The predicted octanol–water partition coefficient (Wildman–Crippen LogP) is 1.49. The number of oxime groups is 1. The first-order valence-electron chi connectivity index (χ1n) is 6.44. The van der Waals surface area contributed by atoms with Crippen LogP contribution in [0.25, 0.3) is 0 Å². The van der Waals surface area contributed by atoms with Crippen LogP contribution < -0.4 is 0 Å². The lowest BCUT2D eigenvalue weighted by atomic mass is 9.93. The first-order valence-corrected chi connectivity index (χ1v) is 6.44. The number of aryl methyl sites for hydroxylation is 1. The van der Waals surface area contributed by atoms with Crippen molar-refractivity contribution in [3.8, 4) is 0 Å². The Kier molecular flexibility index (Phi) is 4.09. The van der Waals surface area contributed by atoms with E-state index >= 15 is 0 Å². The van der Waals surface area contributed by atoms with Crippen LogP contribution in [0.4, 0.5) is 0 Å². The van der Waals surface area contributed by atoms with Crippen molar-refractivity contribution in [2.24, 2.45) is 11.1 Å². The van der Waals surface area contributed by atoms with Gasteiger partial charge in [0.05, 0.1) is 17.6 Å². The van der Waals surface area contributed by atoms with Crippen molar-refractivity contribution in [3.05, 3.63) is 23.8 Å². The van der Waals surface area contributed by atoms with E-state index in [2.05, 4.69) is 15.1 Å². The predicted molar refractivity (Wildman–Crippen MR) is 70.3 cm³/mol. The third kappa shape index (κ3) is 2.89. The molecule has 1 aromatic heterocycles. The van der Waals surface area contributed by atoms with E-state index < -0.39 is 0 Å². The van der Waals surface area contributed by atoms with Crippen LogP contribution in [0.5, 0.6) is 0 Å². The van der Waals surface area contributed by atoms with Gasteiger partial charge in [-0.3, -0.25) is 9.78 Å². The molecule has 0 spiro atoms. The minimum absolute atomic E-state index is 0.108. The summed E-state index contributed by atoms with van der Waals surface area (Å²) in [5.74, 6) is 0.0176. The van der Waals surface area contributed by atoms with Crippen LogP contribution in [0.2, 0.25) is 0 Å². The minimum Gasteiger partial charge on any atom is -0.411 e. The van der Waals surface area contributed by atoms with E-state index in [0.29, 0.717) is 25.2 Å². The summed E-state index contributed by atoms with van der Waals surface area (Å²) in [4.78, 5) is 22.2. The maximum Gasteiger partial charge on any atom is 0.274 e. The number of amides is 1. The van der Waals surface area contributed by atoms with Gasteiger partial charge in [-0.2, -0.15) is 0 Å². The third-order valence-corrected chi connectivity index (χ3v) is 3.46. The third-order valence-electron chi connectivity index (χ3n) is 3.46. The van der Waals surface area contributed by atoms with Gasteiger partial charge >= 0.3 is 0 Å². The second kappa shape index (κ2) is 5.77. The van der Waals surface area contributed by atoms with E-state index in [1.165, 1.54) is 6.20 Å². The fourth-order valence-corrected chi connectivity index (χ4v) is 2.26. The van der Waals surface area contributed by atoms with Gasteiger partial charge in [0.25, 0.3) is 5.91 Å². The molecule has 0 radical (unpaired) electrons. The molecular formula is C13H18N4O2. The summed E-state index contributed by atoms with van der Waals surface area (Å²) >= 11 is 0. The molecule has 2 rings (SSSR count). The van der Waals surface area contributed by atoms with Gasteiger partial charge in [-0.25, -0.2) is 4.98 Å². The maximum absolute atomic E-state index is 12.3. The normalized spacial score (nSPS) is 21.7. The zero-order valence-corrected chi connectivity index (χ0v) is 11.2. The molecule has 2 heterocycles. The van der Waals surface area contributed by atoms with E-state index in [9.17, 15) is 4.79 Å². The van der Waals surface area contributed by atoms with E-state index in [4.69, 9.17) is 5.21 Å². The lowest BCUT2D eigenvalue weighted by Gasteiger charge is -2.32. The number of hydrogen-bond acceptors (Lipinski definition) is 5. The number of carbonyl (C=O) groups excluding carboxylic acids is 1. The van der Waals surface area contributed by atoms with Crippen molar-refractivity contribution in [2.45, 2.75) is 26.7 Å². The Balaban J connectivity index is 2.10. The molecule has 1 saturated heterocycles. The highest BCUT2D eigenvalue weighted by Crippen LogP contribution is 2.18. The first kappa shape index (κ1) is 13.5. The molecule has 1 aliphatic heterocycles. The quantitative estimate of drug-likeness (QED) is 0.647.